The van der Waals surface area contributed by atoms with E-state index < -0.39 is 0 Å². The lowest BCUT2D eigenvalue weighted by atomic mass is 10.1. The average Bonchev–Trinajstić information content (AvgIpc) is 2.70. The lowest BCUT2D eigenvalue weighted by Gasteiger charge is -2.09. The third-order valence-corrected chi connectivity index (χ3v) is 2.83. The van der Waals surface area contributed by atoms with Crippen LogP contribution in [0.4, 0.5) is 0 Å². The fourth-order valence-corrected chi connectivity index (χ4v) is 1.88. The Morgan fingerprint density at radius 3 is 3.06 bits per heavy atom. The molecule has 3 N–H and O–H groups in total. The molecule has 4 heteroatoms. The molecule has 0 amide bonds. The second kappa shape index (κ2) is 5.29. The number of imidazole rings is 1. The minimum Gasteiger partial charge on any atom is -0.396 e. The summed E-state index contributed by atoms with van der Waals surface area (Å²) in [5.74, 6) is 1.23. The summed E-state index contributed by atoms with van der Waals surface area (Å²) in [6.07, 6.45) is 0. The van der Waals surface area contributed by atoms with Gasteiger partial charge in [-0.05, 0) is 24.5 Å². The van der Waals surface area contributed by atoms with E-state index in [0.717, 1.165) is 29.9 Å². The van der Waals surface area contributed by atoms with Crippen molar-refractivity contribution in [2.75, 3.05) is 13.2 Å². The summed E-state index contributed by atoms with van der Waals surface area (Å²) in [7, 11) is 0. The van der Waals surface area contributed by atoms with Gasteiger partial charge in [-0.25, -0.2) is 4.98 Å². The van der Waals surface area contributed by atoms with E-state index >= 15 is 0 Å². The van der Waals surface area contributed by atoms with Crippen LogP contribution in [0.15, 0.2) is 18.2 Å². The predicted molar refractivity (Wildman–Crippen MR) is 68.8 cm³/mol. The number of aryl methyl sites for hydroxylation is 1. The Morgan fingerprint density at radius 1 is 1.47 bits per heavy atom. The summed E-state index contributed by atoms with van der Waals surface area (Å²) in [6, 6.07) is 6.15. The van der Waals surface area contributed by atoms with Gasteiger partial charge in [0.05, 0.1) is 11.0 Å². The fourth-order valence-electron chi connectivity index (χ4n) is 1.88. The van der Waals surface area contributed by atoms with Crippen LogP contribution in [-0.2, 0) is 6.54 Å². The number of aliphatic hydroxyl groups excluding tert-OH is 1. The van der Waals surface area contributed by atoms with Crippen LogP contribution in [0.2, 0.25) is 0 Å². The standard InChI is InChI=1S/C13H19N3O/c1-9(8-17)6-14-7-11-4-3-5-12-13(11)16-10(2)15-12/h3-5,9,14,17H,6-8H2,1-2H3,(H,15,16). The molecule has 1 aromatic heterocycles. The Hall–Kier alpha value is -1.39. The van der Waals surface area contributed by atoms with E-state index in [9.17, 15) is 0 Å². The molecule has 17 heavy (non-hydrogen) atoms. The highest BCUT2D eigenvalue weighted by Gasteiger charge is 2.05. The summed E-state index contributed by atoms with van der Waals surface area (Å²) in [5, 5.41) is 12.3. The van der Waals surface area contributed by atoms with E-state index in [-0.39, 0.29) is 12.5 Å². The third kappa shape index (κ3) is 2.84. The van der Waals surface area contributed by atoms with Gasteiger partial charge in [0.1, 0.15) is 5.82 Å². The van der Waals surface area contributed by atoms with Crippen molar-refractivity contribution in [2.45, 2.75) is 20.4 Å². The molecular weight excluding hydrogens is 214 g/mol. The minimum absolute atomic E-state index is 0.221. The number of nitrogens with one attached hydrogen (secondary N) is 2. The molecule has 0 fully saturated rings. The first kappa shape index (κ1) is 12.1. The number of benzene rings is 1. The fraction of sp³-hybridized carbons (Fsp3) is 0.462. The molecule has 1 aromatic carbocycles. The molecule has 1 unspecified atom stereocenters. The molecule has 4 nitrogen and oxygen atoms in total. The molecule has 0 saturated heterocycles. The molecule has 0 bridgehead atoms. The Bertz CT molecular complexity index is 492. The molecule has 1 atom stereocenters. The number of hydrogen-bond acceptors (Lipinski definition) is 3. The van der Waals surface area contributed by atoms with Crippen LogP contribution in [0.1, 0.15) is 18.3 Å². The molecule has 0 aliphatic rings. The van der Waals surface area contributed by atoms with Crippen molar-refractivity contribution in [1.82, 2.24) is 15.3 Å². The maximum Gasteiger partial charge on any atom is 0.104 e. The van der Waals surface area contributed by atoms with Crippen LogP contribution in [0.5, 0.6) is 0 Å². The SMILES string of the molecule is Cc1nc2c(CNCC(C)CO)cccc2[nH]1. The first-order chi connectivity index (χ1) is 8.20. The summed E-state index contributed by atoms with van der Waals surface area (Å²) >= 11 is 0. The van der Waals surface area contributed by atoms with Crippen molar-refractivity contribution in [3.8, 4) is 0 Å². The number of fused-ring (bicyclic) bond motifs is 1. The van der Waals surface area contributed by atoms with Crippen molar-refractivity contribution in [3.05, 3.63) is 29.6 Å². The predicted octanol–water partition coefficient (Wildman–Crippen LogP) is 1.59. The average molecular weight is 233 g/mol. The first-order valence-corrected chi connectivity index (χ1v) is 5.96. The smallest absolute Gasteiger partial charge is 0.104 e. The number of aromatic amines is 1. The normalized spacial score (nSPS) is 13.1. The number of aliphatic hydroxyl groups is 1. The van der Waals surface area contributed by atoms with Crippen molar-refractivity contribution in [1.29, 1.82) is 0 Å². The van der Waals surface area contributed by atoms with Gasteiger partial charge in [-0.15, -0.1) is 0 Å². The van der Waals surface area contributed by atoms with Crippen molar-refractivity contribution >= 4 is 11.0 Å². The monoisotopic (exact) mass is 233 g/mol. The lowest BCUT2D eigenvalue weighted by Crippen LogP contribution is -2.22. The topological polar surface area (TPSA) is 60.9 Å². The van der Waals surface area contributed by atoms with Crippen LogP contribution in [0.3, 0.4) is 0 Å². The Morgan fingerprint density at radius 2 is 2.29 bits per heavy atom. The van der Waals surface area contributed by atoms with Gasteiger partial charge in [-0.2, -0.15) is 0 Å². The Balaban J connectivity index is 2.08. The maximum atomic E-state index is 8.95. The number of H-pyrrole nitrogens is 1. The summed E-state index contributed by atoms with van der Waals surface area (Å²) in [4.78, 5) is 7.72. The summed E-state index contributed by atoms with van der Waals surface area (Å²) < 4.78 is 0. The van der Waals surface area contributed by atoms with E-state index in [1.54, 1.807) is 0 Å². The van der Waals surface area contributed by atoms with E-state index in [4.69, 9.17) is 5.11 Å². The maximum absolute atomic E-state index is 8.95. The van der Waals surface area contributed by atoms with Gasteiger partial charge in [-0.3, -0.25) is 0 Å². The zero-order valence-corrected chi connectivity index (χ0v) is 10.3. The molecule has 0 radical (unpaired) electrons. The van der Waals surface area contributed by atoms with Crippen molar-refractivity contribution < 1.29 is 5.11 Å². The van der Waals surface area contributed by atoms with Gasteiger partial charge in [-0.1, -0.05) is 19.1 Å². The lowest BCUT2D eigenvalue weighted by molar-refractivity contribution is 0.233. The number of nitrogens with zero attached hydrogens (tertiary/aromatic N) is 1. The van der Waals surface area contributed by atoms with Gasteiger partial charge in [0.2, 0.25) is 0 Å². The first-order valence-electron chi connectivity index (χ1n) is 5.96. The number of hydrogen-bond donors (Lipinski definition) is 3. The summed E-state index contributed by atoms with van der Waals surface area (Å²) in [6.45, 7) is 5.80. The molecular formula is C13H19N3O. The number of aromatic nitrogens is 2. The molecule has 0 aliphatic heterocycles. The third-order valence-electron chi connectivity index (χ3n) is 2.83. The molecule has 92 valence electrons. The minimum atomic E-state index is 0.221. The van der Waals surface area contributed by atoms with E-state index in [2.05, 4.69) is 21.4 Å². The van der Waals surface area contributed by atoms with E-state index in [1.165, 1.54) is 5.56 Å². The highest BCUT2D eigenvalue weighted by atomic mass is 16.3. The van der Waals surface area contributed by atoms with Crippen molar-refractivity contribution in [2.24, 2.45) is 5.92 Å². The molecule has 0 aliphatic carbocycles. The van der Waals surface area contributed by atoms with E-state index in [0.29, 0.717) is 0 Å². The molecule has 2 rings (SSSR count). The second-order valence-corrected chi connectivity index (χ2v) is 4.55. The Labute approximate surface area is 101 Å². The summed E-state index contributed by atoms with van der Waals surface area (Å²) in [5.41, 5.74) is 3.31. The zero-order valence-electron chi connectivity index (χ0n) is 10.3. The van der Waals surface area contributed by atoms with Crippen LogP contribution in [0, 0.1) is 12.8 Å². The van der Waals surface area contributed by atoms with Gasteiger partial charge in [0.15, 0.2) is 0 Å². The Kier molecular flexibility index (Phi) is 3.76. The van der Waals surface area contributed by atoms with Crippen LogP contribution in [-0.4, -0.2) is 28.2 Å². The molecule has 2 aromatic rings. The number of para-hydroxylation sites is 1. The van der Waals surface area contributed by atoms with Crippen LogP contribution in [0.25, 0.3) is 11.0 Å². The molecule has 1 heterocycles. The zero-order chi connectivity index (χ0) is 12.3. The molecule has 0 saturated carbocycles. The van der Waals surface area contributed by atoms with E-state index in [1.807, 2.05) is 26.0 Å². The van der Waals surface area contributed by atoms with Gasteiger partial charge < -0.3 is 15.4 Å². The second-order valence-electron chi connectivity index (χ2n) is 4.55. The van der Waals surface area contributed by atoms with Gasteiger partial charge in [0.25, 0.3) is 0 Å². The largest absolute Gasteiger partial charge is 0.396 e. The van der Waals surface area contributed by atoms with Crippen LogP contribution < -0.4 is 5.32 Å². The highest BCUT2D eigenvalue weighted by molar-refractivity contribution is 5.78. The highest BCUT2D eigenvalue weighted by Crippen LogP contribution is 2.16. The van der Waals surface area contributed by atoms with Crippen LogP contribution >= 0.6 is 0 Å². The number of rotatable bonds is 5. The quantitative estimate of drug-likeness (QED) is 0.735. The van der Waals surface area contributed by atoms with Gasteiger partial charge >= 0.3 is 0 Å². The van der Waals surface area contributed by atoms with Crippen molar-refractivity contribution in [3.63, 3.8) is 0 Å². The molecule has 0 spiro atoms. The van der Waals surface area contributed by atoms with Gasteiger partial charge in [0, 0.05) is 19.7 Å².